The fraction of sp³-hybridized carbons (Fsp3) is 0.235. The first kappa shape index (κ1) is 18.8. The van der Waals surface area contributed by atoms with Crippen molar-refractivity contribution in [3.05, 3.63) is 39.7 Å². The van der Waals surface area contributed by atoms with E-state index in [0.717, 1.165) is 19.1 Å². The number of benzene rings is 1. The minimum atomic E-state index is -0.906. The molecular weight excluding hydrogens is 438 g/mol. The Hall–Kier alpha value is -1.97. The molecule has 0 aliphatic heterocycles. The summed E-state index contributed by atoms with van der Waals surface area (Å²) < 4.78 is 7.13. The van der Waals surface area contributed by atoms with Crippen molar-refractivity contribution in [2.75, 3.05) is 24.3 Å². The van der Waals surface area contributed by atoms with Gasteiger partial charge in [0.15, 0.2) is 11.2 Å². The smallest absolute Gasteiger partial charge is 0.349 e. The van der Waals surface area contributed by atoms with Gasteiger partial charge in [-0.25, -0.2) is 9.78 Å². The Bertz CT molecular complexity index is 918. The Kier molecular flexibility index (Phi) is 5.59. The number of aromatic nitrogens is 1. The van der Waals surface area contributed by atoms with Crippen LogP contribution < -0.4 is 10.2 Å². The van der Waals surface area contributed by atoms with Gasteiger partial charge in [-0.05, 0) is 37.3 Å². The van der Waals surface area contributed by atoms with Gasteiger partial charge in [-0.1, -0.05) is 27.3 Å². The molecule has 9 heteroatoms. The van der Waals surface area contributed by atoms with Crippen molar-refractivity contribution < 1.29 is 14.3 Å². The maximum absolute atomic E-state index is 12.3. The van der Waals surface area contributed by atoms with Crippen LogP contribution in [0.1, 0.15) is 16.6 Å². The molecule has 0 spiro atoms. The van der Waals surface area contributed by atoms with Crippen molar-refractivity contribution in [2.24, 2.45) is 0 Å². The highest BCUT2D eigenvalue weighted by molar-refractivity contribution is 9.10. The first-order valence-electron chi connectivity index (χ1n) is 7.68. The summed E-state index contributed by atoms with van der Waals surface area (Å²) in [6.07, 6.45) is -0.906. The van der Waals surface area contributed by atoms with Crippen LogP contribution in [0.15, 0.2) is 34.8 Å². The van der Waals surface area contributed by atoms with Crippen LogP contribution in [0.5, 0.6) is 0 Å². The zero-order valence-electron chi connectivity index (χ0n) is 14.3. The molecule has 1 atom stereocenters. The van der Waals surface area contributed by atoms with Crippen LogP contribution in [-0.2, 0) is 9.53 Å². The molecule has 3 aromatic rings. The Morgan fingerprint density at radius 3 is 2.54 bits per heavy atom. The van der Waals surface area contributed by atoms with Gasteiger partial charge in [0.1, 0.15) is 9.71 Å². The summed E-state index contributed by atoms with van der Waals surface area (Å²) in [6.45, 7) is 1.55. The van der Waals surface area contributed by atoms with Gasteiger partial charge in [-0.2, -0.15) is 0 Å². The highest BCUT2D eigenvalue weighted by Gasteiger charge is 2.21. The van der Waals surface area contributed by atoms with Crippen molar-refractivity contribution in [2.45, 2.75) is 13.0 Å². The zero-order chi connectivity index (χ0) is 18.8. The number of thiazole rings is 1. The molecule has 6 nitrogen and oxygen atoms in total. The Morgan fingerprint density at radius 1 is 1.23 bits per heavy atom. The number of carbonyl (C=O) groups excluding carboxylic acids is 2. The molecule has 0 fully saturated rings. The van der Waals surface area contributed by atoms with Crippen LogP contribution in [-0.4, -0.2) is 37.1 Å². The van der Waals surface area contributed by atoms with Crippen LogP contribution in [0, 0.1) is 0 Å². The number of rotatable bonds is 5. The first-order chi connectivity index (χ1) is 12.3. The second-order valence-corrected chi connectivity index (χ2v) is 8.67. The maximum atomic E-state index is 12.3. The van der Waals surface area contributed by atoms with Gasteiger partial charge in [-0.3, -0.25) is 4.79 Å². The minimum absolute atomic E-state index is 0.382. The van der Waals surface area contributed by atoms with Gasteiger partial charge in [-0.15, -0.1) is 11.3 Å². The molecule has 0 radical (unpaired) electrons. The summed E-state index contributed by atoms with van der Waals surface area (Å²) in [5, 5.41) is 3.60. The summed E-state index contributed by atoms with van der Waals surface area (Å²) in [7, 11) is 3.84. The number of nitrogens with zero attached hydrogens (tertiary/aromatic N) is 2. The summed E-state index contributed by atoms with van der Waals surface area (Å²) in [4.78, 5) is 32.1. The van der Waals surface area contributed by atoms with Crippen LogP contribution in [0.4, 0.5) is 10.8 Å². The van der Waals surface area contributed by atoms with Gasteiger partial charge in [0, 0.05) is 24.3 Å². The highest BCUT2D eigenvalue weighted by Crippen LogP contribution is 2.34. The molecule has 0 aliphatic carbocycles. The van der Waals surface area contributed by atoms with Crippen LogP contribution >= 0.6 is 38.6 Å². The molecule has 3 rings (SSSR count). The lowest BCUT2D eigenvalue weighted by atomic mass is 10.3. The molecule has 136 valence electrons. The molecule has 1 aromatic carbocycles. The Balaban J connectivity index is 1.63. The molecular formula is C17H16BrN3O3S2. The molecule has 26 heavy (non-hydrogen) atoms. The molecule has 2 aromatic heterocycles. The van der Waals surface area contributed by atoms with Crippen molar-refractivity contribution in [3.8, 4) is 0 Å². The van der Waals surface area contributed by atoms with Gasteiger partial charge in [0.05, 0.1) is 4.70 Å². The molecule has 0 saturated carbocycles. The monoisotopic (exact) mass is 453 g/mol. The molecule has 2 heterocycles. The van der Waals surface area contributed by atoms with E-state index in [9.17, 15) is 9.59 Å². The van der Waals surface area contributed by atoms with Gasteiger partial charge in [0.25, 0.3) is 5.91 Å². The predicted octanol–water partition coefficient (Wildman–Crippen LogP) is 4.37. The van der Waals surface area contributed by atoms with E-state index in [0.29, 0.717) is 10.6 Å². The van der Waals surface area contributed by atoms with Crippen LogP contribution in [0.25, 0.3) is 9.53 Å². The second-order valence-electron chi connectivity index (χ2n) is 5.71. The quantitative estimate of drug-likeness (QED) is 0.580. The number of hydrogen-bond donors (Lipinski definition) is 1. The van der Waals surface area contributed by atoms with Gasteiger partial charge in [0.2, 0.25) is 0 Å². The fourth-order valence-corrected chi connectivity index (χ4v) is 4.35. The zero-order valence-corrected chi connectivity index (χ0v) is 17.5. The van der Waals surface area contributed by atoms with Crippen molar-refractivity contribution >= 4 is 70.8 Å². The minimum Gasteiger partial charge on any atom is -0.448 e. The van der Waals surface area contributed by atoms with E-state index in [-0.39, 0.29) is 5.91 Å². The van der Waals surface area contributed by atoms with E-state index < -0.39 is 12.1 Å². The number of nitrogens with one attached hydrogen (secondary N) is 1. The average Bonchev–Trinajstić information content (AvgIpc) is 3.15. The third kappa shape index (κ3) is 4.22. The third-order valence-electron chi connectivity index (χ3n) is 3.43. The van der Waals surface area contributed by atoms with Crippen LogP contribution in [0.3, 0.4) is 0 Å². The normalized spacial score (nSPS) is 12.0. The summed E-state index contributed by atoms with van der Waals surface area (Å²) >= 11 is 6.10. The largest absolute Gasteiger partial charge is 0.448 e. The number of amides is 1. The number of hydrogen-bond acceptors (Lipinski definition) is 7. The van der Waals surface area contributed by atoms with Gasteiger partial charge < -0.3 is 15.0 Å². The summed E-state index contributed by atoms with van der Waals surface area (Å²) in [5.74, 6) is -0.905. The number of anilines is 2. The standard InChI is InChI=1S/C17H16BrN3O3S2/c1-9(14(22)19-11-6-4-10(18)5-7-11)24-16(23)13-8-12-15(25-13)20-17(26-12)21(2)3/h4-9H,1-3H3,(H,19,22). The summed E-state index contributed by atoms with van der Waals surface area (Å²) in [5.41, 5.74) is 0.637. The third-order valence-corrected chi connectivity index (χ3v) is 6.26. The van der Waals surface area contributed by atoms with E-state index in [2.05, 4.69) is 26.2 Å². The second kappa shape index (κ2) is 7.73. The van der Waals surface area contributed by atoms with Crippen molar-refractivity contribution in [1.29, 1.82) is 0 Å². The molecule has 1 amide bonds. The van der Waals surface area contributed by atoms with Crippen molar-refractivity contribution in [3.63, 3.8) is 0 Å². The lowest BCUT2D eigenvalue weighted by Crippen LogP contribution is -2.29. The maximum Gasteiger partial charge on any atom is 0.349 e. The first-order valence-corrected chi connectivity index (χ1v) is 10.1. The number of thiophene rings is 1. The molecule has 0 aliphatic rings. The van der Waals surface area contributed by atoms with Crippen LogP contribution in [0.2, 0.25) is 0 Å². The van der Waals surface area contributed by atoms with E-state index >= 15 is 0 Å². The van der Waals surface area contributed by atoms with E-state index in [1.807, 2.05) is 31.1 Å². The SMILES string of the molecule is CC(OC(=O)c1cc2sc(N(C)C)nc2s1)C(=O)Nc1ccc(Br)cc1. The molecule has 0 saturated heterocycles. The Labute approximate surface area is 166 Å². The Morgan fingerprint density at radius 2 is 1.92 bits per heavy atom. The number of fused-ring (bicyclic) bond motifs is 1. The van der Waals surface area contributed by atoms with Crippen molar-refractivity contribution in [1.82, 2.24) is 4.98 Å². The van der Waals surface area contributed by atoms with E-state index in [1.165, 1.54) is 22.7 Å². The summed E-state index contributed by atoms with van der Waals surface area (Å²) in [6, 6.07) is 8.92. The fourth-order valence-electron chi connectivity index (χ4n) is 2.06. The van der Waals surface area contributed by atoms with E-state index in [1.54, 1.807) is 25.1 Å². The predicted molar refractivity (Wildman–Crippen MR) is 109 cm³/mol. The molecule has 1 N–H and O–H groups in total. The average molecular weight is 454 g/mol. The lowest BCUT2D eigenvalue weighted by Gasteiger charge is -2.13. The highest BCUT2D eigenvalue weighted by atomic mass is 79.9. The number of esters is 1. The molecule has 0 bridgehead atoms. The number of ether oxygens (including phenoxy) is 1. The number of halogens is 1. The van der Waals surface area contributed by atoms with E-state index in [4.69, 9.17) is 4.74 Å². The van der Waals surface area contributed by atoms with Gasteiger partial charge >= 0.3 is 5.97 Å². The number of carbonyl (C=O) groups is 2. The molecule has 1 unspecified atom stereocenters. The topological polar surface area (TPSA) is 71.5 Å². The lowest BCUT2D eigenvalue weighted by molar-refractivity contribution is -0.123.